The first-order valence-electron chi connectivity index (χ1n) is 5.09. The van der Waals surface area contributed by atoms with Crippen LogP contribution in [0.1, 0.15) is 19.0 Å². The molecule has 4 nitrogen and oxygen atoms in total. The van der Waals surface area contributed by atoms with Crippen molar-refractivity contribution in [1.82, 2.24) is 10.3 Å². The molecule has 1 saturated carbocycles. The summed E-state index contributed by atoms with van der Waals surface area (Å²) in [4.78, 5) is 15.5. The van der Waals surface area contributed by atoms with Gasteiger partial charge in [-0.05, 0) is 25.5 Å². The topological polar surface area (TPSA) is 62.2 Å². The highest BCUT2D eigenvalue weighted by Crippen LogP contribution is 2.48. The van der Waals surface area contributed by atoms with Gasteiger partial charge in [0.25, 0.3) is 0 Å². The molecule has 0 saturated heterocycles. The number of rotatable bonds is 3. The number of pyridine rings is 1. The van der Waals surface area contributed by atoms with Crippen molar-refractivity contribution in [3.05, 3.63) is 24.0 Å². The van der Waals surface area contributed by atoms with Crippen LogP contribution in [0.15, 0.2) is 18.3 Å². The predicted octanol–water partition coefficient (Wildman–Crippen LogP) is 1.15. The molecule has 86 valence electrons. The lowest BCUT2D eigenvalue weighted by molar-refractivity contribution is -0.126. The second-order valence-electron chi connectivity index (χ2n) is 4.24. The number of aromatic hydroxyl groups is 1. The molecular formula is C11H13FN2O2. The standard InChI is InChI=1S/C11H13FN2O2/c1-11(5-9(11)12)10(16)14-6-7-8(15)3-2-4-13-7/h2-4,9,15H,5-6H2,1H3,(H,14,16). The first-order valence-corrected chi connectivity index (χ1v) is 5.09. The van der Waals surface area contributed by atoms with Crippen LogP contribution in [-0.4, -0.2) is 22.2 Å². The summed E-state index contributed by atoms with van der Waals surface area (Å²) in [6, 6.07) is 3.09. The van der Waals surface area contributed by atoms with E-state index in [1.165, 1.54) is 12.3 Å². The molecule has 1 amide bonds. The molecule has 0 spiro atoms. The molecule has 16 heavy (non-hydrogen) atoms. The number of carbonyl (C=O) groups is 1. The van der Waals surface area contributed by atoms with E-state index < -0.39 is 11.6 Å². The summed E-state index contributed by atoms with van der Waals surface area (Å²) in [5, 5.41) is 12.0. The molecule has 2 rings (SSSR count). The quantitative estimate of drug-likeness (QED) is 0.809. The average Bonchev–Trinajstić information content (AvgIpc) is 2.87. The summed E-state index contributed by atoms with van der Waals surface area (Å²) in [5.74, 6) is -0.300. The van der Waals surface area contributed by atoms with Crippen molar-refractivity contribution < 1.29 is 14.3 Å². The first kappa shape index (κ1) is 10.9. The monoisotopic (exact) mass is 224 g/mol. The maximum Gasteiger partial charge on any atom is 0.229 e. The molecule has 1 aromatic heterocycles. The fourth-order valence-corrected chi connectivity index (χ4v) is 1.48. The van der Waals surface area contributed by atoms with Crippen LogP contribution in [0.3, 0.4) is 0 Å². The zero-order chi connectivity index (χ0) is 11.8. The van der Waals surface area contributed by atoms with Gasteiger partial charge in [-0.2, -0.15) is 0 Å². The minimum atomic E-state index is -1.05. The van der Waals surface area contributed by atoms with E-state index in [0.717, 1.165) is 0 Å². The van der Waals surface area contributed by atoms with Gasteiger partial charge in [-0.15, -0.1) is 0 Å². The molecule has 1 aliphatic carbocycles. The van der Waals surface area contributed by atoms with Crippen LogP contribution >= 0.6 is 0 Å². The Bertz CT molecular complexity index is 424. The molecule has 2 unspecified atom stereocenters. The van der Waals surface area contributed by atoms with Crippen LogP contribution < -0.4 is 5.32 Å². The van der Waals surface area contributed by atoms with Crippen molar-refractivity contribution in [3.8, 4) is 5.75 Å². The average molecular weight is 224 g/mol. The zero-order valence-electron chi connectivity index (χ0n) is 8.90. The third-order valence-electron chi connectivity index (χ3n) is 2.94. The van der Waals surface area contributed by atoms with Crippen molar-refractivity contribution in [2.24, 2.45) is 5.41 Å². The highest BCUT2D eigenvalue weighted by atomic mass is 19.1. The highest BCUT2D eigenvalue weighted by Gasteiger charge is 2.57. The molecule has 0 bridgehead atoms. The van der Waals surface area contributed by atoms with Crippen LogP contribution in [0.4, 0.5) is 4.39 Å². The Hall–Kier alpha value is -1.65. The second kappa shape index (κ2) is 3.73. The minimum Gasteiger partial charge on any atom is -0.506 e. The fraction of sp³-hybridized carbons (Fsp3) is 0.455. The minimum absolute atomic E-state index is 0.0283. The molecule has 5 heteroatoms. The number of halogens is 1. The van der Waals surface area contributed by atoms with Crippen molar-refractivity contribution in [2.75, 3.05) is 0 Å². The summed E-state index contributed by atoms with van der Waals surface area (Å²) in [6.07, 6.45) is 0.746. The van der Waals surface area contributed by atoms with Crippen LogP contribution in [0.2, 0.25) is 0 Å². The van der Waals surface area contributed by atoms with Crippen molar-refractivity contribution in [2.45, 2.75) is 26.1 Å². The van der Waals surface area contributed by atoms with Gasteiger partial charge in [0.05, 0.1) is 12.0 Å². The number of carbonyl (C=O) groups excluding carboxylic acids is 1. The molecule has 2 N–H and O–H groups in total. The molecule has 0 aromatic carbocycles. The molecule has 1 fully saturated rings. The lowest BCUT2D eigenvalue weighted by atomic mass is 10.1. The van der Waals surface area contributed by atoms with E-state index in [9.17, 15) is 14.3 Å². The predicted molar refractivity (Wildman–Crippen MR) is 55.4 cm³/mol. The Kier molecular flexibility index (Phi) is 2.53. The first-order chi connectivity index (χ1) is 7.54. The number of aromatic nitrogens is 1. The van der Waals surface area contributed by atoms with Crippen LogP contribution in [-0.2, 0) is 11.3 Å². The Morgan fingerprint density at radius 3 is 3.06 bits per heavy atom. The smallest absolute Gasteiger partial charge is 0.229 e. The summed E-state index contributed by atoms with van der Waals surface area (Å²) < 4.78 is 12.9. The van der Waals surface area contributed by atoms with Gasteiger partial charge in [0.15, 0.2) is 0 Å². The summed E-state index contributed by atoms with van der Waals surface area (Å²) in [5.41, 5.74) is -0.500. The van der Waals surface area contributed by atoms with Gasteiger partial charge >= 0.3 is 0 Å². The lowest BCUT2D eigenvalue weighted by Crippen LogP contribution is -2.31. The third-order valence-corrected chi connectivity index (χ3v) is 2.94. The number of hydrogen-bond donors (Lipinski definition) is 2. The molecule has 2 atom stereocenters. The SMILES string of the molecule is CC1(C(=O)NCc2ncccc2O)CC1F. The van der Waals surface area contributed by atoms with Gasteiger partial charge in [0.2, 0.25) is 5.91 Å². The molecular weight excluding hydrogens is 211 g/mol. The van der Waals surface area contributed by atoms with Crippen molar-refractivity contribution in [1.29, 1.82) is 0 Å². The molecule has 1 heterocycles. The van der Waals surface area contributed by atoms with E-state index in [4.69, 9.17) is 0 Å². The van der Waals surface area contributed by atoms with Crippen LogP contribution in [0.25, 0.3) is 0 Å². The Morgan fingerprint density at radius 2 is 2.50 bits per heavy atom. The maximum atomic E-state index is 12.9. The Labute approximate surface area is 92.5 Å². The fourth-order valence-electron chi connectivity index (χ4n) is 1.48. The number of hydrogen-bond acceptors (Lipinski definition) is 3. The van der Waals surface area contributed by atoms with E-state index in [2.05, 4.69) is 10.3 Å². The third kappa shape index (κ3) is 1.85. The van der Waals surface area contributed by atoms with E-state index in [1.54, 1.807) is 13.0 Å². The summed E-state index contributed by atoms with van der Waals surface area (Å²) in [7, 11) is 0. The van der Waals surface area contributed by atoms with Crippen LogP contribution in [0, 0.1) is 5.41 Å². The van der Waals surface area contributed by atoms with Crippen molar-refractivity contribution >= 4 is 5.91 Å². The number of alkyl halides is 1. The van der Waals surface area contributed by atoms with Gasteiger partial charge in [-0.25, -0.2) is 4.39 Å². The summed E-state index contributed by atoms with van der Waals surface area (Å²) >= 11 is 0. The van der Waals surface area contributed by atoms with Gasteiger partial charge in [0.1, 0.15) is 17.6 Å². The van der Waals surface area contributed by atoms with E-state index in [0.29, 0.717) is 5.69 Å². The number of nitrogens with one attached hydrogen (secondary N) is 1. The van der Waals surface area contributed by atoms with E-state index in [1.807, 2.05) is 0 Å². The second-order valence-corrected chi connectivity index (χ2v) is 4.24. The van der Waals surface area contributed by atoms with Crippen molar-refractivity contribution in [3.63, 3.8) is 0 Å². The van der Waals surface area contributed by atoms with E-state index in [-0.39, 0.29) is 24.6 Å². The van der Waals surface area contributed by atoms with Crippen LogP contribution in [0.5, 0.6) is 5.75 Å². The molecule has 0 aliphatic heterocycles. The zero-order valence-corrected chi connectivity index (χ0v) is 8.90. The van der Waals surface area contributed by atoms with E-state index >= 15 is 0 Å². The van der Waals surface area contributed by atoms with Gasteiger partial charge in [-0.1, -0.05) is 0 Å². The van der Waals surface area contributed by atoms with Gasteiger partial charge < -0.3 is 10.4 Å². The molecule has 0 radical (unpaired) electrons. The Balaban J connectivity index is 1.94. The summed E-state index contributed by atoms with van der Waals surface area (Å²) in [6.45, 7) is 1.71. The maximum absolute atomic E-state index is 12.9. The largest absolute Gasteiger partial charge is 0.506 e. The number of amides is 1. The molecule has 1 aliphatic rings. The molecule has 1 aromatic rings. The van der Waals surface area contributed by atoms with Gasteiger partial charge in [0, 0.05) is 6.20 Å². The normalized spacial score (nSPS) is 27.5. The Morgan fingerprint density at radius 1 is 1.81 bits per heavy atom. The highest BCUT2D eigenvalue weighted by molar-refractivity contribution is 5.86. The number of nitrogens with zero attached hydrogens (tertiary/aromatic N) is 1. The lowest BCUT2D eigenvalue weighted by Gasteiger charge is -2.10. The van der Waals surface area contributed by atoms with Gasteiger partial charge in [-0.3, -0.25) is 9.78 Å².